The number of ether oxygens (including phenoxy) is 1. The maximum atomic E-state index is 13.6. The van der Waals surface area contributed by atoms with Crippen LogP contribution in [0.15, 0.2) is 66.7 Å². The number of hydrogen-bond acceptors (Lipinski definition) is 4. The predicted molar refractivity (Wildman–Crippen MR) is 122 cm³/mol. The van der Waals surface area contributed by atoms with Crippen molar-refractivity contribution in [3.05, 3.63) is 77.9 Å². The number of carbonyl (C=O) groups excluding carboxylic acids is 3. The van der Waals surface area contributed by atoms with Gasteiger partial charge < -0.3 is 4.74 Å². The molecule has 0 unspecified atom stereocenters. The summed E-state index contributed by atoms with van der Waals surface area (Å²) in [4.78, 5) is 42.0. The first-order valence-corrected chi connectivity index (χ1v) is 12.0. The summed E-state index contributed by atoms with van der Waals surface area (Å²) < 4.78 is 5.71. The Hall–Kier alpha value is -3.21. The Kier molecular flexibility index (Phi) is 4.75. The zero-order chi connectivity index (χ0) is 22.7. The van der Waals surface area contributed by atoms with Crippen LogP contribution in [-0.4, -0.2) is 28.7 Å². The third-order valence-corrected chi connectivity index (χ3v) is 8.10. The van der Waals surface area contributed by atoms with Crippen LogP contribution in [0, 0.1) is 35.5 Å². The van der Waals surface area contributed by atoms with Crippen molar-refractivity contribution >= 4 is 17.8 Å². The number of carbonyl (C=O) groups is 3. The molecule has 5 heteroatoms. The Morgan fingerprint density at radius 3 is 2.09 bits per heavy atom. The first-order chi connectivity index (χ1) is 16.1. The smallest absolute Gasteiger partial charge is 0.335 e. The lowest BCUT2D eigenvalue weighted by atomic mass is 9.63. The van der Waals surface area contributed by atoms with Gasteiger partial charge in [0.1, 0.15) is 11.8 Å². The van der Waals surface area contributed by atoms with Gasteiger partial charge in [-0.15, -0.1) is 0 Å². The molecule has 5 nitrogen and oxygen atoms in total. The number of imide groups is 1. The SMILES string of the molecule is CCc1ccc(OC(=O)[C@@H](Cc2ccccc2)N2C(=O)[C@H]3[C@@H]4C=C[C@H]([C@H]5C[C@H]45)[C@@H]3C2=O)cc1. The van der Waals surface area contributed by atoms with E-state index in [0.717, 1.165) is 24.0 Å². The maximum absolute atomic E-state index is 13.6. The first-order valence-electron chi connectivity index (χ1n) is 12.0. The average Bonchev–Trinajstić information content (AvgIpc) is 3.62. The van der Waals surface area contributed by atoms with Crippen LogP contribution >= 0.6 is 0 Å². The largest absolute Gasteiger partial charge is 0.425 e. The summed E-state index contributed by atoms with van der Waals surface area (Å²) in [6.45, 7) is 2.06. The number of allylic oxidation sites excluding steroid dienone is 2. The van der Waals surface area contributed by atoms with Gasteiger partial charge in [0, 0.05) is 6.42 Å². The molecule has 0 N–H and O–H groups in total. The maximum Gasteiger partial charge on any atom is 0.335 e. The Balaban J connectivity index is 1.31. The first kappa shape index (κ1) is 20.4. The number of rotatable bonds is 6. The average molecular weight is 442 g/mol. The second-order valence-corrected chi connectivity index (χ2v) is 9.83. The number of hydrogen-bond donors (Lipinski definition) is 0. The van der Waals surface area contributed by atoms with Crippen LogP contribution in [-0.2, 0) is 27.2 Å². The number of nitrogens with zero attached hydrogens (tertiary/aromatic N) is 1. The highest BCUT2D eigenvalue weighted by Gasteiger charge is 2.68. The Morgan fingerprint density at radius 1 is 0.909 bits per heavy atom. The van der Waals surface area contributed by atoms with Crippen molar-refractivity contribution in [3.63, 3.8) is 0 Å². The van der Waals surface area contributed by atoms with Crippen LogP contribution in [0.5, 0.6) is 5.75 Å². The molecule has 2 aromatic carbocycles. The molecule has 2 bridgehead atoms. The zero-order valence-electron chi connectivity index (χ0n) is 18.6. The normalized spacial score (nSPS) is 31.8. The molecule has 1 aliphatic heterocycles. The Labute approximate surface area is 193 Å². The summed E-state index contributed by atoms with van der Waals surface area (Å²) in [5.74, 6) is 0.107. The van der Waals surface area contributed by atoms with E-state index in [2.05, 4.69) is 19.1 Å². The van der Waals surface area contributed by atoms with Gasteiger partial charge in [-0.2, -0.15) is 0 Å². The molecular formula is C28H27NO4. The summed E-state index contributed by atoms with van der Waals surface area (Å²) in [5, 5.41) is 0. The van der Waals surface area contributed by atoms with Gasteiger partial charge in [0.25, 0.3) is 0 Å². The van der Waals surface area contributed by atoms with Gasteiger partial charge in [0.05, 0.1) is 11.8 Å². The molecule has 3 fully saturated rings. The number of likely N-dealkylation sites (tertiary alicyclic amines) is 1. The van der Waals surface area contributed by atoms with Crippen molar-refractivity contribution < 1.29 is 19.1 Å². The molecule has 7 atom stereocenters. The van der Waals surface area contributed by atoms with E-state index >= 15 is 0 Å². The molecule has 2 amide bonds. The van der Waals surface area contributed by atoms with Crippen LogP contribution < -0.4 is 4.74 Å². The van der Waals surface area contributed by atoms with E-state index in [-0.39, 0.29) is 41.9 Å². The monoisotopic (exact) mass is 441 g/mol. The summed E-state index contributed by atoms with van der Waals surface area (Å²) in [6, 6.07) is 15.9. The van der Waals surface area contributed by atoms with Crippen LogP contribution in [0.4, 0.5) is 0 Å². The van der Waals surface area contributed by atoms with E-state index in [0.29, 0.717) is 17.6 Å². The van der Waals surface area contributed by atoms with Gasteiger partial charge >= 0.3 is 5.97 Å². The Morgan fingerprint density at radius 2 is 1.52 bits per heavy atom. The third kappa shape index (κ3) is 3.25. The number of benzene rings is 2. The fourth-order valence-corrected chi connectivity index (χ4v) is 6.38. The summed E-state index contributed by atoms with van der Waals surface area (Å²) in [6.07, 6.45) is 6.55. The summed E-state index contributed by atoms with van der Waals surface area (Å²) in [7, 11) is 0. The molecule has 1 heterocycles. The van der Waals surface area contributed by atoms with Crippen LogP contribution in [0.1, 0.15) is 24.5 Å². The zero-order valence-corrected chi connectivity index (χ0v) is 18.6. The van der Waals surface area contributed by atoms with Crippen molar-refractivity contribution in [1.82, 2.24) is 4.90 Å². The Bertz CT molecular complexity index is 1100. The minimum Gasteiger partial charge on any atom is -0.425 e. The van der Waals surface area contributed by atoms with E-state index in [1.807, 2.05) is 42.5 Å². The highest BCUT2D eigenvalue weighted by atomic mass is 16.5. The van der Waals surface area contributed by atoms with Crippen molar-refractivity contribution in [1.29, 1.82) is 0 Å². The minimum absolute atomic E-state index is 0.126. The van der Waals surface area contributed by atoms with Crippen molar-refractivity contribution in [2.24, 2.45) is 35.5 Å². The lowest BCUT2D eigenvalue weighted by Crippen LogP contribution is -2.48. The molecule has 2 aromatic rings. The number of aryl methyl sites for hydroxylation is 1. The molecule has 4 aliphatic carbocycles. The van der Waals surface area contributed by atoms with Gasteiger partial charge in [-0.25, -0.2) is 4.79 Å². The molecule has 5 aliphatic rings. The fraction of sp³-hybridized carbons (Fsp3) is 0.393. The molecule has 7 rings (SSSR count). The van der Waals surface area contributed by atoms with Crippen LogP contribution in [0.25, 0.3) is 0 Å². The van der Waals surface area contributed by atoms with Crippen molar-refractivity contribution in [2.45, 2.75) is 32.2 Å². The molecule has 0 aromatic heterocycles. The molecule has 0 radical (unpaired) electrons. The molecule has 168 valence electrons. The number of amides is 2. The quantitative estimate of drug-likeness (QED) is 0.296. The topological polar surface area (TPSA) is 63.7 Å². The van der Waals surface area contributed by atoms with Gasteiger partial charge in [-0.05, 0) is 59.8 Å². The molecular weight excluding hydrogens is 414 g/mol. The summed E-state index contributed by atoms with van der Waals surface area (Å²) in [5.41, 5.74) is 2.03. The van der Waals surface area contributed by atoms with Gasteiger partial charge in [0.2, 0.25) is 11.8 Å². The van der Waals surface area contributed by atoms with Gasteiger partial charge in [-0.1, -0.05) is 61.5 Å². The second-order valence-electron chi connectivity index (χ2n) is 9.83. The fourth-order valence-electron chi connectivity index (χ4n) is 6.38. The van der Waals surface area contributed by atoms with Crippen LogP contribution in [0.2, 0.25) is 0 Å². The summed E-state index contributed by atoms with van der Waals surface area (Å²) >= 11 is 0. The molecule has 33 heavy (non-hydrogen) atoms. The molecule has 2 saturated carbocycles. The second kappa shape index (κ2) is 7.68. The standard InChI is InChI=1S/C28H27NO4/c1-2-16-8-10-18(11-9-16)33-28(32)23(14-17-6-4-3-5-7-17)29-26(30)24-19-12-13-20(22-15-21(19)22)25(24)27(29)31/h3-13,19-25H,2,14-15H2,1H3/t19-,20-,21-,22-,23-,24+,25+/m1/s1. The van der Waals surface area contributed by atoms with Crippen molar-refractivity contribution in [3.8, 4) is 5.75 Å². The third-order valence-electron chi connectivity index (χ3n) is 8.10. The highest BCUT2D eigenvalue weighted by Crippen LogP contribution is 2.65. The van der Waals surface area contributed by atoms with Gasteiger partial charge in [0.15, 0.2) is 0 Å². The predicted octanol–water partition coefficient (Wildman–Crippen LogP) is 3.82. The lowest BCUT2D eigenvalue weighted by Gasteiger charge is -2.37. The van der Waals surface area contributed by atoms with E-state index in [1.54, 1.807) is 12.1 Å². The van der Waals surface area contributed by atoms with Crippen LogP contribution in [0.3, 0.4) is 0 Å². The van der Waals surface area contributed by atoms with E-state index in [9.17, 15) is 14.4 Å². The molecule has 1 saturated heterocycles. The lowest BCUT2D eigenvalue weighted by molar-refractivity contribution is -0.153. The molecule has 0 spiro atoms. The highest BCUT2D eigenvalue weighted by molar-refractivity contribution is 6.09. The minimum atomic E-state index is -0.973. The van der Waals surface area contributed by atoms with E-state index in [4.69, 9.17) is 4.74 Å². The van der Waals surface area contributed by atoms with E-state index in [1.165, 1.54) is 4.90 Å². The van der Waals surface area contributed by atoms with E-state index < -0.39 is 12.0 Å². The number of esters is 1. The van der Waals surface area contributed by atoms with Gasteiger partial charge in [-0.3, -0.25) is 14.5 Å². The van der Waals surface area contributed by atoms with Crippen molar-refractivity contribution in [2.75, 3.05) is 0 Å².